The summed E-state index contributed by atoms with van der Waals surface area (Å²) >= 11 is 1.75. The summed E-state index contributed by atoms with van der Waals surface area (Å²) in [6.45, 7) is 7.34. The Morgan fingerprint density at radius 1 is 1.03 bits per heavy atom. The van der Waals surface area contributed by atoms with Crippen molar-refractivity contribution in [1.29, 1.82) is 0 Å². The monoisotopic (exact) mass is 420 g/mol. The van der Waals surface area contributed by atoms with E-state index in [1.165, 1.54) is 21.3 Å². The molecule has 0 radical (unpaired) electrons. The number of hydrogen-bond acceptors (Lipinski definition) is 5. The van der Waals surface area contributed by atoms with Crippen LogP contribution in [0.5, 0.6) is 0 Å². The SMILES string of the molecule is Cc1ccccc1N1CCN(C(=O)C2CCCN(c3nccc4sccc34)C2)CC1. The van der Waals surface area contributed by atoms with Crippen LogP contribution in [0.4, 0.5) is 11.5 Å². The van der Waals surface area contributed by atoms with E-state index in [0.29, 0.717) is 5.91 Å². The lowest BCUT2D eigenvalue weighted by Gasteiger charge is -2.40. The van der Waals surface area contributed by atoms with Gasteiger partial charge in [-0.15, -0.1) is 11.3 Å². The van der Waals surface area contributed by atoms with Crippen molar-refractivity contribution in [3.8, 4) is 0 Å². The van der Waals surface area contributed by atoms with Gasteiger partial charge >= 0.3 is 0 Å². The summed E-state index contributed by atoms with van der Waals surface area (Å²) in [7, 11) is 0. The number of piperidine rings is 1. The van der Waals surface area contributed by atoms with Gasteiger partial charge in [-0.05, 0) is 48.9 Å². The smallest absolute Gasteiger partial charge is 0.227 e. The standard InChI is InChI=1S/C24H28N4OS/c1-18-5-2-3-7-21(18)26-12-14-27(15-13-26)24(29)19-6-4-11-28(17-19)23-20-9-16-30-22(20)8-10-25-23/h2-3,5,7-10,16,19H,4,6,11-15,17H2,1H3. The number of carbonyl (C=O) groups is 1. The van der Waals surface area contributed by atoms with Gasteiger partial charge in [0.15, 0.2) is 0 Å². The Morgan fingerprint density at radius 3 is 2.70 bits per heavy atom. The third kappa shape index (κ3) is 3.65. The number of fused-ring (bicyclic) bond motifs is 1. The molecule has 30 heavy (non-hydrogen) atoms. The number of thiophene rings is 1. The summed E-state index contributed by atoms with van der Waals surface area (Å²) in [6.07, 6.45) is 3.92. The zero-order valence-corrected chi connectivity index (χ0v) is 18.3. The van der Waals surface area contributed by atoms with Crippen molar-refractivity contribution in [2.75, 3.05) is 49.1 Å². The van der Waals surface area contributed by atoms with Crippen LogP contribution >= 0.6 is 11.3 Å². The second-order valence-corrected chi connectivity index (χ2v) is 9.30. The van der Waals surface area contributed by atoms with Crippen LogP contribution in [0, 0.1) is 12.8 Å². The highest BCUT2D eigenvalue weighted by atomic mass is 32.1. The zero-order valence-electron chi connectivity index (χ0n) is 17.5. The molecule has 4 heterocycles. The number of para-hydroxylation sites is 1. The highest BCUT2D eigenvalue weighted by Gasteiger charge is 2.32. The van der Waals surface area contributed by atoms with E-state index in [1.54, 1.807) is 11.3 Å². The normalized spacial score (nSPS) is 20.0. The molecule has 0 bridgehead atoms. The first-order valence-corrected chi connectivity index (χ1v) is 11.8. The number of hydrogen-bond donors (Lipinski definition) is 0. The lowest BCUT2D eigenvalue weighted by atomic mass is 9.96. The van der Waals surface area contributed by atoms with Crippen molar-refractivity contribution in [2.45, 2.75) is 19.8 Å². The molecule has 2 aromatic heterocycles. The Hall–Kier alpha value is -2.60. The van der Waals surface area contributed by atoms with E-state index in [-0.39, 0.29) is 5.92 Å². The lowest BCUT2D eigenvalue weighted by Crippen LogP contribution is -2.52. The van der Waals surface area contributed by atoms with Crippen molar-refractivity contribution < 1.29 is 4.79 Å². The van der Waals surface area contributed by atoms with Crippen LogP contribution < -0.4 is 9.80 Å². The highest BCUT2D eigenvalue weighted by Crippen LogP contribution is 2.32. The van der Waals surface area contributed by atoms with Crippen molar-refractivity contribution in [3.63, 3.8) is 0 Å². The molecule has 5 nitrogen and oxygen atoms in total. The molecule has 0 saturated carbocycles. The van der Waals surface area contributed by atoms with Crippen molar-refractivity contribution in [3.05, 3.63) is 53.5 Å². The average molecular weight is 421 g/mol. The molecule has 1 aromatic carbocycles. The molecule has 2 saturated heterocycles. The summed E-state index contributed by atoms with van der Waals surface area (Å²) in [5.74, 6) is 1.43. The van der Waals surface area contributed by atoms with Gasteiger partial charge < -0.3 is 14.7 Å². The largest absolute Gasteiger partial charge is 0.368 e. The minimum absolute atomic E-state index is 0.0689. The van der Waals surface area contributed by atoms with Crippen LogP contribution in [0.1, 0.15) is 18.4 Å². The Bertz CT molecular complexity index is 1040. The second kappa shape index (κ2) is 8.26. The van der Waals surface area contributed by atoms with E-state index in [9.17, 15) is 4.79 Å². The molecule has 156 valence electrons. The number of aromatic nitrogens is 1. The first-order chi connectivity index (χ1) is 14.7. The highest BCUT2D eigenvalue weighted by molar-refractivity contribution is 7.17. The van der Waals surface area contributed by atoms with Crippen LogP contribution in [-0.2, 0) is 4.79 Å². The first-order valence-electron chi connectivity index (χ1n) is 10.9. The van der Waals surface area contributed by atoms with Crippen molar-refractivity contribution >= 4 is 38.8 Å². The maximum absolute atomic E-state index is 13.3. The molecule has 1 atom stereocenters. The van der Waals surface area contributed by atoms with Gasteiger partial charge in [-0.3, -0.25) is 4.79 Å². The third-order valence-electron chi connectivity index (χ3n) is 6.48. The predicted octanol–water partition coefficient (Wildman–Crippen LogP) is 4.17. The van der Waals surface area contributed by atoms with Gasteiger partial charge in [0.2, 0.25) is 5.91 Å². The number of anilines is 2. The predicted molar refractivity (Wildman–Crippen MR) is 125 cm³/mol. The third-order valence-corrected chi connectivity index (χ3v) is 7.36. The quantitative estimate of drug-likeness (QED) is 0.638. The minimum Gasteiger partial charge on any atom is -0.368 e. The van der Waals surface area contributed by atoms with Crippen molar-refractivity contribution in [2.24, 2.45) is 5.92 Å². The summed E-state index contributed by atoms with van der Waals surface area (Å²) in [5, 5.41) is 3.33. The lowest BCUT2D eigenvalue weighted by molar-refractivity contribution is -0.136. The molecular weight excluding hydrogens is 392 g/mol. The summed E-state index contributed by atoms with van der Waals surface area (Å²) in [4.78, 5) is 24.8. The summed E-state index contributed by atoms with van der Waals surface area (Å²) < 4.78 is 1.26. The molecule has 1 amide bonds. The van der Waals surface area contributed by atoms with Crippen LogP contribution in [0.15, 0.2) is 48.0 Å². The number of piperazine rings is 1. The summed E-state index contributed by atoms with van der Waals surface area (Å²) in [6, 6.07) is 12.7. The second-order valence-electron chi connectivity index (χ2n) is 8.35. The Balaban J connectivity index is 1.24. The van der Waals surface area contributed by atoms with E-state index < -0.39 is 0 Å². The van der Waals surface area contributed by atoms with Gasteiger partial charge in [0, 0.05) is 61.2 Å². The topological polar surface area (TPSA) is 39.7 Å². The fraction of sp³-hybridized carbons (Fsp3) is 0.417. The number of benzene rings is 1. The summed E-state index contributed by atoms with van der Waals surface area (Å²) in [5.41, 5.74) is 2.60. The van der Waals surface area contributed by atoms with Gasteiger partial charge in [-0.1, -0.05) is 18.2 Å². The fourth-order valence-electron chi connectivity index (χ4n) is 4.85. The van der Waals surface area contributed by atoms with E-state index >= 15 is 0 Å². The van der Waals surface area contributed by atoms with Gasteiger partial charge in [0.1, 0.15) is 5.82 Å². The number of aryl methyl sites for hydroxylation is 1. The van der Waals surface area contributed by atoms with Gasteiger partial charge in [0.05, 0.1) is 5.92 Å². The Morgan fingerprint density at radius 2 is 1.87 bits per heavy atom. The molecule has 1 unspecified atom stereocenters. The van der Waals surface area contributed by atoms with Crippen LogP contribution in [0.3, 0.4) is 0 Å². The number of nitrogens with zero attached hydrogens (tertiary/aromatic N) is 4. The molecule has 6 heteroatoms. The molecular formula is C24H28N4OS. The molecule has 2 aliphatic rings. The van der Waals surface area contributed by atoms with Crippen LogP contribution in [0.25, 0.3) is 10.1 Å². The molecule has 2 fully saturated rings. The minimum atomic E-state index is 0.0689. The van der Waals surface area contributed by atoms with Gasteiger partial charge in [-0.2, -0.15) is 0 Å². The molecule has 2 aliphatic heterocycles. The molecule has 3 aromatic rings. The van der Waals surface area contributed by atoms with E-state index in [4.69, 9.17) is 0 Å². The molecule has 0 aliphatic carbocycles. The van der Waals surface area contributed by atoms with Gasteiger partial charge in [-0.25, -0.2) is 4.98 Å². The zero-order chi connectivity index (χ0) is 20.5. The molecule has 5 rings (SSSR count). The molecule has 0 spiro atoms. The molecule has 0 N–H and O–H groups in total. The maximum Gasteiger partial charge on any atom is 0.227 e. The number of carbonyl (C=O) groups excluding carboxylic acids is 1. The van der Waals surface area contributed by atoms with E-state index in [2.05, 4.69) is 68.4 Å². The van der Waals surface area contributed by atoms with Crippen LogP contribution in [-0.4, -0.2) is 55.1 Å². The van der Waals surface area contributed by atoms with Crippen molar-refractivity contribution in [1.82, 2.24) is 9.88 Å². The maximum atomic E-state index is 13.3. The van der Waals surface area contributed by atoms with E-state index in [0.717, 1.165) is 57.9 Å². The van der Waals surface area contributed by atoms with Crippen LogP contribution in [0.2, 0.25) is 0 Å². The Labute approximate surface area is 181 Å². The first kappa shape index (κ1) is 19.4. The fourth-order valence-corrected chi connectivity index (χ4v) is 5.62. The van der Waals surface area contributed by atoms with Gasteiger partial charge in [0.25, 0.3) is 0 Å². The number of amides is 1. The average Bonchev–Trinajstić information content (AvgIpc) is 3.28. The number of rotatable bonds is 3. The Kier molecular flexibility index (Phi) is 5.34. The van der Waals surface area contributed by atoms with E-state index in [1.807, 2.05) is 6.20 Å². The number of pyridine rings is 1.